The van der Waals surface area contributed by atoms with E-state index in [2.05, 4.69) is 5.43 Å². The molecule has 1 fully saturated rings. The molecular formula is C13H14Cl2N2O2. The fraction of sp³-hybridized carbons (Fsp3) is 0.308. The molecule has 0 aliphatic carbocycles. The molecule has 0 unspecified atom stereocenters. The van der Waals surface area contributed by atoms with Crippen molar-refractivity contribution >= 4 is 35.2 Å². The first-order chi connectivity index (χ1) is 9.16. The number of carbonyl (C=O) groups is 1. The van der Waals surface area contributed by atoms with Crippen molar-refractivity contribution in [2.45, 2.75) is 0 Å². The van der Waals surface area contributed by atoms with E-state index in [1.165, 1.54) is 6.08 Å². The molecule has 102 valence electrons. The lowest BCUT2D eigenvalue weighted by molar-refractivity contribution is -0.123. The Bertz CT molecular complexity index is 465. The van der Waals surface area contributed by atoms with E-state index in [1.807, 2.05) is 5.01 Å². The number of nitrogens with zero attached hydrogens (tertiary/aromatic N) is 1. The minimum absolute atomic E-state index is 0.210. The Morgan fingerprint density at radius 3 is 2.53 bits per heavy atom. The maximum Gasteiger partial charge on any atom is 0.258 e. The Labute approximate surface area is 121 Å². The highest BCUT2D eigenvalue weighted by Gasteiger charge is 2.11. The topological polar surface area (TPSA) is 41.6 Å². The third-order valence-corrected chi connectivity index (χ3v) is 3.34. The van der Waals surface area contributed by atoms with E-state index >= 15 is 0 Å². The molecule has 0 bridgehead atoms. The summed E-state index contributed by atoms with van der Waals surface area (Å²) in [5.74, 6) is -0.210. The van der Waals surface area contributed by atoms with Crippen LogP contribution in [0.2, 0.25) is 10.0 Å². The van der Waals surface area contributed by atoms with E-state index < -0.39 is 0 Å². The van der Waals surface area contributed by atoms with Crippen LogP contribution in [0, 0.1) is 0 Å². The second-order valence-corrected chi connectivity index (χ2v) is 4.86. The summed E-state index contributed by atoms with van der Waals surface area (Å²) in [6.07, 6.45) is 3.03. The number of benzene rings is 1. The molecule has 1 N–H and O–H groups in total. The van der Waals surface area contributed by atoms with Crippen molar-refractivity contribution < 1.29 is 9.53 Å². The maximum atomic E-state index is 11.7. The summed E-state index contributed by atoms with van der Waals surface area (Å²) in [7, 11) is 0. The van der Waals surface area contributed by atoms with Crippen LogP contribution in [0.15, 0.2) is 24.3 Å². The molecule has 1 aromatic rings. The lowest BCUT2D eigenvalue weighted by Gasteiger charge is -2.26. The summed E-state index contributed by atoms with van der Waals surface area (Å²) >= 11 is 12.0. The smallest absolute Gasteiger partial charge is 0.258 e. The van der Waals surface area contributed by atoms with Crippen LogP contribution < -0.4 is 5.43 Å². The van der Waals surface area contributed by atoms with Gasteiger partial charge in [-0.3, -0.25) is 10.2 Å². The predicted octanol–water partition coefficient (Wildman–Crippen LogP) is 2.37. The Balaban J connectivity index is 1.96. The standard InChI is InChI=1S/C13H14Cl2N2O2/c14-11-2-1-3-12(15)10(11)4-5-13(18)16-17-6-8-19-9-7-17/h1-5H,6-9H2,(H,16,18)/b5-4+. The third kappa shape index (κ3) is 4.21. The van der Waals surface area contributed by atoms with E-state index in [-0.39, 0.29) is 5.91 Å². The van der Waals surface area contributed by atoms with Crippen molar-refractivity contribution in [3.05, 3.63) is 39.9 Å². The van der Waals surface area contributed by atoms with Gasteiger partial charge in [0.25, 0.3) is 5.91 Å². The first-order valence-corrected chi connectivity index (χ1v) is 6.68. The summed E-state index contributed by atoms with van der Waals surface area (Å²) in [6.45, 7) is 2.62. The van der Waals surface area contributed by atoms with Crippen LogP contribution in [0.25, 0.3) is 6.08 Å². The summed E-state index contributed by atoms with van der Waals surface area (Å²) < 4.78 is 5.20. The van der Waals surface area contributed by atoms with Crippen LogP contribution >= 0.6 is 23.2 Å². The van der Waals surface area contributed by atoms with Crippen LogP contribution in [0.5, 0.6) is 0 Å². The van der Waals surface area contributed by atoms with Crippen LogP contribution in [0.4, 0.5) is 0 Å². The molecule has 6 heteroatoms. The number of amides is 1. The number of nitrogens with one attached hydrogen (secondary N) is 1. The normalized spacial score (nSPS) is 16.7. The van der Waals surface area contributed by atoms with Crippen molar-refractivity contribution in [3.63, 3.8) is 0 Å². The van der Waals surface area contributed by atoms with Crippen molar-refractivity contribution in [1.82, 2.24) is 10.4 Å². The van der Waals surface area contributed by atoms with Crippen LogP contribution in [0.3, 0.4) is 0 Å². The quantitative estimate of drug-likeness (QED) is 0.872. The van der Waals surface area contributed by atoms with Crippen molar-refractivity contribution in [2.75, 3.05) is 26.3 Å². The number of carbonyl (C=O) groups excluding carboxylic acids is 1. The fourth-order valence-corrected chi connectivity index (χ4v) is 2.22. The molecule has 1 amide bonds. The first-order valence-electron chi connectivity index (χ1n) is 5.92. The summed E-state index contributed by atoms with van der Waals surface area (Å²) in [5.41, 5.74) is 3.41. The largest absolute Gasteiger partial charge is 0.379 e. The molecule has 1 heterocycles. The first kappa shape index (κ1) is 14.3. The van der Waals surface area contributed by atoms with Crippen molar-refractivity contribution in [1.29, 1.82) is 0 Å². The van der Waals surface area contributed by atoms with Gasteiger partial charge in [0.1, 0.15) is 0 Å². The number of hydrazine groups is 1. The highest BCUT2D eigenvalue weighted by molar-refractivity contribution is 6.37. The second-order valence-electron chi connectivity index (χ2n) is 4.04. The molecule has 4 nitrogen and oxygen atoms in total. The average Bonchev–Trinajstić information content (AvgIpc) is 2.39. The second kappa shape index (κ2) is 6.91. The summed E-state index contributed by atoms with van der Waals surface area (Å²) in [6, 6.07) is 5.22. The molecule has 0 atom stereocenters. The number of hydrogen-bond donors (Lipinski definition) is 1. The van der Waals surface area contributed by atoms with Gasteiger partial charge in [-0.2, -0.15) is 0 Å². The molecule has 1 saturated heterocycles. The predicted molar refractivity (Wildman–Crippen MR) is 76.0 cm³/mol. The molecule has 19 heavy (non-hydrogen) atoms. The van der Waals surface area contributed by atoms with E-state index in [1.54, 1.807) is 24.3 Å². The highest BCUT2D eigenvalue weighted by atomic mass is 35.5. The zero-order valence-corrected chi connectivity index (χ0v) is 11.7. The van der Waals surface area contributed by atoms with Crippen molar-refractivity contribution in [3.8, 4) is 0 Å². The van der Waals surface area contributed by atoms with E-state index in [9.17, 15) is 4.79 Å². The lowest BCUT2D eigenvalue weighted by atomic mass is 10.2. The summed E-state index contributed by atoms with van der Waals surface area (Å²) in [4.78, 5) is 11.7. The van der Waals surface area contributed by atoms with Gasteiger partial charge in [0.2, 0.25) is 0 Å². The van der Waals surface area contributed by atoms with Gasteiger partial charge in [-0.1, -0.05) is 29.3 Å². The molecule has 1 aliphatic heterocycles. The van der Waals surface area contributed by atoms with Gasteiger partial charge < -0.3 is 4.74 Å². The Morgan fingerprint density at radius 1 is 1.26 bits per heavy atom. The zero-order chi connectivity index (χ0) is 13.7. The molecule has 1 aromatic carbocycles. The van der Waals surface area contributed by atoms with Gasteiger partial charge in [0, 0.05) is 34.8 Å². The molecule has 0 spiro atoms. The lowest BCUT2D eigenvalue weighted by Crippen LogP contribution is -2.47. The third-order valence-electron chi connectivity index (χ3n) is 2.68. The molecular weight excluding hydrogens is 287 g/mol. The number of rotatable bonds is 3. The van der Waals surface area contributed by atoms with Gasteiger partial charge in [-0.15, -0.1) is 0 Å². The SMILES string of the molecule is O=C(/C=C/c1c(Cl)cccc1Cl)NN1CCOCC1. The molecule has 1 aliphatic rings. The number of ether oxygens (including phenoxy) is 1. The number of hydrogen-bond acceptors (Lipinski definition) is 3. The fourth-order valence-electron chi connectivity index (χ4n) is 1.70. The van der Waals surface area contributed by atoms with Gasteiger partial charge in [-0.25, -0.2) is 5.01 Å². The Kier molecular flexibility index (Phi) is 5.22. The molecule has 0 saturated carbocycles. The van der Waals surface area contributed by atoms with Crippen LogP contribution in [0.1, 0.15) is 5.56 Å². The molecule has 2 rings (SSSR count). The minimum atomic E-state index is -0.210. The zero-order valence-electron chi connectivity index (χ0n) is 10.2. The van der Waals surface area contributed by atoms with E-state index in [4.69, 9.17) is 27.9 Å². The van der Waals surface area contributed by atoms with Crippen LogP contribution in [-0.4, -0.2) is 37.2 Å². The van der Waals surface area contributed by atoms with Crippen LogP contribution in [-0.2, 0) is 9.53 Å². The van der Waals surface area contributed by atoms with Gasteiger partial charge in [0.15, 0.2) is 0 Å². The van der Waals surface area contributed by atoms with Gasteiger partial charge in [0.05, 0.1) is 13.2 Å². The van der Waals surface area contributed by atoms with Crippen molar-refractivity contribution in [2.24, 2.45) is 0 Å². The van der Waals surface area contributed by atoms with Gasteiger partial charge in [-0.05, 0) is 18.2 Å². The monoisotopic (exact) mass is 300 g/mol. The molecule has 0 radical (unpaired) electrons. The van der Waals surface area contributed by atoms with E-state index in [0.717, 1.165) is 0 Å². The number of halogens is 2. The Morgan fingerprint density at radius 2 is 1.89 bits per heavy atom. The average molecular weight is 301 g/mol. The Hall–Kier alpha value is -1.07. The molecule has 0 aromatic heterocycles. The highest BCUT2D eigenvalue weighted by Crippen LogP contribution is 2.25. The summed E-state index contributed by atoms with van der Waals surface area (Å²) in [5, 5.41) is 2.86. The maximum absolute atomic E-state index is 11.7. The number of morpholine rings is 1. The minimum Gasteiger partial charge on any atom is -0.379 e. The van der Waals surface area contributed by atoms with Gasteiger partial charge >= 0.3 is 0 Å². The van der Waals surface area contributed by atoms with E-state index in [0.29, 0.717) is 41.9 Å².